The van der Waals surface area contributed by atoms with Crippen LogP contribution in [-0.2, 0) is 11.3 Å². The number of nitrogens with one attached hydrogen (secondary N) is 1. The molecule has 1 aromatic rings. The summed E-state index contributed by atoms with van der Waals surface area (Å²) in [5, 5.41) is 7.89. The van der Waals surface area contributed by atoms with Crippen LogP contribution in [0.1, 0.15) is 52.8 Å². The van der Waals surface area contributed by atoms with Gasteiger partial charge in [0.1, 0.15) is 0 Å². The lowest BCUT2D eigenvalue weighted by molar-refractivity contribution is -0.0370. The van der Waals surface area contributed by atoms with Gasteiger partial charge in [-0.1, -0.05) is 27.7 Å². The summed E-state index contributed by atoms with van der Waals surface area (Å²) in [6.07, 6.45) is 3.02. The van der Waals surface area contributed by atoms with E-state index in [1.807, 2.05) is 20.2 Å². The maximum absolute atomic E-state index is 6.05. The van der Waals surface area contributed by atoms with Crippen molar-refractivity contribution in [3.63, 3.8) is 0 Å². The number of ether oxygens (including phenoxy) is 1. The number of aromatic nitrogens is 2. The van der Waals surface area contributed by atoms with E-state index in [9.17, 15) is 0 Å². The molecule has 0 saturated heterocycles. The molecule has 2 atom stereocenters. The highest BCUT2D eigenvalue weighted by Gasteiger charge is 2.36. The predicted octanol–water partition coefficient (Wildman–Crippen LogP) is 3.77. The molecule has 4 nitrogen and oxygen atoms in total. The van der Waals surface area contributed by atoms with Crippen molar-refractivity contribution in [1.29, 1.82) is 0 Å². The molecule has 0 spiro atoms. The Hall–Kier alpha value is -0.390. The molecule has 0 aliphatic carbocycles. The largest absolute Gasteiger partial charge is 0.376 e. The zero-order valence-corrected chi connectivity index (χ0v) is 15.1. The lowest BCUT2D eigenvalue weighted by atomic mass is 9.83. The van der Waals surface area contributed by atoms with Crippen molar-refractivity contribution < 1.29 is 4.74 Å². The van der Waals surface area contributed by atoms with Gasteiger partial charge in [0.05, 0.1) is 28.5 Å². The van der Waals surface area contributed by atoms with Gasteiger partial charge in [-0.15, -0.1) is 0 Å². The van der Waals surface area contributed by atoms with Gasteiger partial charge >= 0.3 is 0 Å². The summed E-state index contributed by atoms with van der Waals surface area (Å²) in [7, 11) is 1.98. The van der Waals surface area contributed by atoms with E-state index in [0.29, 0.717) is 6.61 Å². The van der Waals surface area contributed by atoms with Gasteiger partial charge in [0.25, 0.3) is 0 Å². The first kappa shape index (κ1) is 17.7. The van der Waals surface area contributed by atoms with Crippen molar-refractivity contribution in [2.24, 2.45) is 5.41 Å². The third kappa shape index (κ3) is 4.06. The standard InChI is InChI=1S/C15H28BrN3O/c1-7-9-19-13(11(16)10-18-19)12(17-6)14(20-8-2)15(3,4)5/h10,12,14,17H,7-9H2,1-6H3. The summed E-state index contributed by atoms with van der Waals surface area (Å²) < 4.78 is 9.16. The molecule has 1 rings (SSSR count). The minimum Gasteiger partial charge on any atom is -0.376 e. The number of hydrogen-bond donors (Lipinski definition) is 1. The maximum Gasteiger partial charge on any atom is 0.0833 e. The van der Waals surface area contributed by atoms with Crippen molar-refractivity contribution in [3.05, 3.63) is 16.4 Å². The van der Waals surface area contributed by atoms with Gasteiger partial charge in [0.2, 0.25) is 0 Å². The molecule has 0 bridgehead atoms. The van der Waals surface area contributed by atoms with Gasteiger partial charge < -0.3 is 10.1 Å². The molecule has 0 aliphatic heterocycles. The second-order valence-electron chi connectivity index (χ2n) is 6.11. The molecule has 0 aliphatic rings. The fourth-order valence-electron chi connectivity index (χ4n) is 2.53. The Bertz CT molecular complexity index is 412. The number of rotatable bonds is 7. The van der Waals surface area contributed by atoms with Crippen LogP contribution in [0.15, 0.2) is 10.7 Å². The molecule has 1 N–H and O–H groups in total. The first-order valence-corrected chi connectivity index (χ1v) is 8.16. The highest BCUT2D eigenvalue weighted by Crippen LogP contribution is 2.35. The van der Waals surface area contributed by atoms with Crippen LogP contribution in [0.3, 0.4) is 0 Å². The second kappa shape index (κ2) is 7.57. The topological polar surface area (TPSA) is 39.1 Å². The summed E-state index contributed by atoms with van der Waals surface area (Å²) >= 11 is 3.64. The van der Waals surface area contributed by atoms with E-state index < -0.39 is 0 Å². The molecule has 1 heterocycles. The Balaban J connectivity index is 3.19. The number of halogens is 1. The average Bonchev–Trinajstić information content (AvgIpc) is 2.71. The van der Waals surface area contributed by atoms with Crippen molar-refractivity contribution in [2.75, 3.05) is 13.7 Å². The molecule has 0 amide bonds. The quantitative estimate of drug-likeness (QED) is 0.817. The minimum absolute atomic E-state index is 0.0461. The third-order valence-corrected chi connectivity index (χ3v) is 3.99. The first-order valence-electron chi connectivity index (χ1n) is 7.36. The Morgan fingerprint density at radius 1 is 1.40 bits per heavy atom. The SMILES string of the molecule is CCCn1ncc(Br)c1C(NC)C(OCC)C(C)(C)C. The summed E-state index contributed by atoms with van der Waals surface area (Å²) in [5.74, 6) is 0. The van der Waals surface area contributed by atoms with Gasteiger partial charge in [0, 0.05) is 13.2 Å². The van der Waals surface area contributed by atoms with E-state index in [2.05, 4.69) is 58.7 Å². The highest BCUT2D eigenvalue weighted by molar-refractivity contribution is 9.10. The van der Waals surface area contributed by atoms with E-state index in [1.165, 1.54) is 5.69 Å². The molecule has 0 saturated carbocycles. The molecular formula is C15H28BrN3O. The summed E-state index contributed by atoms with van der Waals surface area (Å²) in [6, 6.07) is 0.110. The molecule has 116 valence electrons. The van der Waals surface area contributed by atoms with Crippen LogP contribution in [0.25, 0.3) is 0 Å². The van der Waals surface area contributed by atoms with Crippen LogP contribution >= 0.6 is 15.9 Å². The van der Waals surface area contributed by atoms with Crippen LogP contribution < -0.4 is 5.32 Å². The summed E-state index contributed by atoms with van der Waals surface area (Å²) in [4.78, 5) is 0. The lowest BCUT2D eigenvalue weighted by Gasteiger charge is -2.37. The van der Waals surface area contributed by atoms with Crippen LogP contribution in [0, 0.1) is 5.41 Å². The number of nitrogens with zero attached hydrogens (tertiary/aromatic N) is 2. The van der Waals surface area contributed by atoms with E-state index in [-0.39, 0.29) is 17.6 Å². The van der Waals surface area contributed by atoms with Crippen molar-refractivity contribution >= 4 is 15.9 Å². The number of likely N-dealkylation sites (N-methyl/N-ethyl adjacent to an activating group) is 1. The van der Waals surface area contributed by atoms with Gasteiger partial charge in [0.15, 0.2) is 0 Å². The molecule has 0 aromatic carbocycles. The van der Waals surface area contributed by atoms with Crippen molar-refractivity contribution in [3.8, 4) is 0 Å². The molecule has 2 unspecified atom stereocenters. The van der Waals surface area contributed by atoms with E-state index >= 15 is 0 Å². The molecule has 0 radical (unpaired) electrons. The zero-order valence-electron chi connectivity index (χ0n) is 13.5. The number of hydrogen-bond acceptors (Lipinski definition) is 3. The smallest absolute Gasteiger partial charge is 0.0833 e. The molecule has 1 aromatic heterocycles. The Morgan fingerprint density at radius 3 is 2.50 bits per heavy atom. The fourth-order valence-corrected chi connectivity index (χ4v) is 3.07. The minimum atomic E-state index is 0.0461. The normalized spacial score (nSPS) is 15.3. The maximum atomic E-state index is 6.05. The molecule has 5 heteroatoms. The predicted molar refractivity (Wildman–Crippen MR) is 86.9 cm³/mol. The van der Waals surface area contributed by atoms with E-state index in [1.54, 1.807) is 0 Å². The van der Waals surface area contributed by atoms with Gasteiger partial charge in [-0.2, -0.15) is 5.10 Å². The molecule has 0 fully saturated rings. The van der Waals surface area contributed by atoms with Crippen LogP contribution in [0.2, 0.25) is 0 Å². The van der Waals surface area contributed by atoms with Crippen molar-refractivity contribution in [2.45, 2.75) is 59.7 Å². The average molecular weight is 346 g/mol. The lowest BCUT2D eigenvalue weighted by Crippen LogP contribution is -2.42. The monoisotopic (exact) mass is 345 g/mol. The number of aryl methyl sites for hydroxylation is 1. The second-order valence-corrected chi connectivity index (χ2v) is 6.96. The van der Waals surface area contributed by atoms with Crippen molar-refractivity contribution in [1.82, 2.24) is 15.1 Å². The van der Waals surface area contributed by atoms with Gasteiger partial charge in [-0.05, 0) is 41.7 Å². The molecular weight excluding hydrogens is 318 g/mol. The Kier molecular flexibility index (Phi) is 6.69. The zero-order chi connectivity index (χ0) is 15.3. The highest BCUT2D eigenvalue weighted by atomic mass is 79.9. The van der Waals surface area contributed by atoms with E-state index in [0.717, 1.165) is 17.4 Å². The van der Waals surface area contributed by atoms with Crippen LogP contribution in [-0.4, -0.2) is 29.5 Å². The van der Waals surface area contributed by atoms with E-state index in [4.69, 9.17) is 4.74 Å². The summed E-state index contributed by atoms with van der Waals surface area (Å²) in [6.45, 7) is 12.5. The van der Waals surface area contributed by atoms with Gasteiger partial charge in [-0.3, -0.25) is 4.68 Å². The summed E-state index contributed by atoms with van der Waals surface area (Å²) in [5.41, 5.74) is 1.22. The Morgan fingerprint density at radius 2 is 2.05 bits per heavy atom. The Labute approximate surface area is 131 Å². The van der Waals surface area contributed by atoms with Gasteiger partial charge in [-0.25, -0.2) is 0 Å². The molecule has 20 heavy (non-hydrogen) atoms. The van der Waals surface area contributed by atoms with Crippen LogP contribution in [0.5, 0.6) is 0 Å². The van der Waals surface area contributed by atoms with Crippen LogP contribution in [0.4, 0.5) is 0 Å². The fraction of sp³-hybridized carbons (Fsp3) is 0.800. The first-order chi connectivity index (χ1) is 9.36. The third-order valence-electron chi connectivity index (χ3n) is 3.38.